The number of aryl methyl sites for hydroxylation is 1. The van der Waals surface area contributed by atoms with Gasteiger partial charge in [0.05, 0.1) is 12.5 Å². The van der Waals surface area contributed by atoms with Crippen LogP contribution in [0.5, 0.6) is 0 Å². The monoisotopic (exact) mass is 265 g/mol. The van der Waals surface area contributed by atoms with Gasteiger partial charge in [-0.1, -0.05) is 12.1 Å². The van der Waals surface area contributed by atoms with Crippen molar-refractivity contribution in [2.24, 2.45) is 7.05 Å². The van der Waals surface area contributed by atoms with Gasteiger partial charge in [-0.05, 0) is 18.1 Å². The predicted octanol–water partition coefficient (Wildman–Crippen LogP) is 0.569. The van der Waals surface area contributed by atoms with Gasteiger partial charge in [0.1, 0.15) is 5.39 Å². The SMILES string of the molecule is Cn1cnc2c(cnn2C#Cc2ccccc2N)c1=O. The van der Waals surface area contributed by atoms with Crippen LogP contribution in [0.15, 0.2) is 41.6 Å². The van der Waals surface area contributed by atoms with Crippen LogP contribution in [0.25, 0.3) is 11.0 Å². The molecule has 6 nitrogen and oxygen atoms in total. The number of hydrogen-bond donors (Lipinski definition) is 1. The highest BCUT2D eigenvalue weighted by molar-refractivity contribution is 5.74. The molecule has 0 amide bonds. The van der Waals surface area contributed by atoms with Gasteiger partial charge in [0.2, 0.25) is 0 Å². The van der Waals surface area contributed by atoms with E-state index in [0.29, 0.717) is 22.3 Å². The van der Waals surface area contributed by atoms with Crippen molar-refractivity contribution in [3.63, 3.8) is 0 Å². The highest BCUT2D eigenvalue weighted by atomic mass is 16.1. The average Bonchev–Trinajstić information content (AvgIpc) is 2.86. The minimum Gasteiger partial charge on any atom is -0.398 e. The van der Waals surface area contributed by atoms with Gasteiger partial charge < -0.3 is 10.3 Å². The van der Waals surface area contributed by atoms with Gasteiger partial charge in [0.25, 0.3) is 5.56 Å². The average molecular weight is 265 g/mol. The molecule has 1 aromatic carbocycles. The second kappa shape index (κ2) is 4.55. The molecule has 0 aliphatic carbocycles. The molecule has 0 radical (unpaired) electrons. The summed E-state index contributed by atoms with van der Waals surface area (Å²) in [5.41, 5.74) is 7.41. The molecule has 0 bridgehead atoms. The van der Waals surface area contributed by atoms with E-state index in [4.69, 9.17) is 5.73 Å². The van der Waals surface area contributed by atoms with Gasteiger partial charge in [0, 0.05) is 24.3 Å². The number of nitrogens with two attached hydrogens (primary N) is 1. The zero-order valence-corrected chi connectivity index (χ0v) is 10.7. The molecule has 0 spiro atoms. The van der Waals surface area contributed by atoms with Gasteiger partial charge in [-0.3, -0.25) is 4.79 Å². The van der Waals surface area contributed by atoms with E-state index in [0.717, 1.165) is 0 Å². The van der Waals surface area contributed by atoms with Crippen LogP contribution in [0.4, 0.5) is 5.69 Å². The van der Waals surface area contributed by atoms with Crippen molar-refractivity contribution in [3.05, 3.63) is 52.7 Å². The third-order valence-corrected chi connectivity index (χ3v) is 2.91. The van der Waals surface area contributed by atoms with Crippen LogP contribution < -0.4 is 11.3 Å². The van der Waals surface area contributed by atoms with E-state index in [1.54, 1.807) is 13.1 Å². The zero-order valence-electron chi connectivity index (χ0n) is 10.7. The molecule has 0 saturated carbocycles. The number of benzene rings is 1. The van der Waals surface area contributed by atoms with Crippen molar-refractivity contribution in [1.82, 2.24) is 19.3 Å². The van der Waals surface area contributed by atoms with Crippen molar-refractivity contribution < 1.29 is 0 Å². The van der Waals surface area contributed by atoms with E-state index < -0.39 is 0 Å². The molecular formula is C14H11N5O. The fourth-order valence-corrected chi connectivity index (χ4v) is 1.81. The quantitative estimate of drug-likeness (QED) is 0.476. The maximum atomic E-state index is 11.9. The molecule has 2 N–H and O–H groups in total. The minimum absolute atomic E-state index is 0.151. The lowest BCUT2D eigenvalue weighted by molar-refractivity contribution is 0.835. The van der Waals surface area contributed by atoms with Crippen molar-refractivity contribution in [1.29, 1.82) is 0 Å². The van der Waals surface area contributed by atoms with Crippen LogP contribution in [0.2, 0.25) is 0 Å². The van der Waals surface area contributed by atoms with Gasteiger partial charge in [0.15, 0.2) is 5.65 Å². The summed E-state index contributed by atoms with van der Waals surface area (Å²) in [7, 11) is 1.64. The van der Waals surface area contributed by atoms with Crippen LogP contribution in [0.1, 0.15) is 5.56 Å². The topological polar surface area (TPSA) is 78.7 Å². The Kier molecular flexibility index (Phi) is 2.73. The Bertz CT molecular complexity index is 910. The molecule has 2 heterocycles. The molecular weight excluding hydrogens is 254 g/mol. The highest BCUT2D eigenvalue weighted by Gasteiger charge is 2.06. The summed E-state index contributed by atoms with van der Waals surface area (Å²) in [6.07, 6.45) is 2.91. The molecule has 0 aliphatic heterocycles. The minimum atomic E-state index is -0.151. The molecule has 0 unspecified atom stereocenters. The second-order valence-electron chi connectivity index (χ2n) is 4.28. The summed E-state index contributed by atoms with van der Waals surface area (Å²) in [6, 6.07) is 10.1. The maximum Gasteiger partial charge on any atom is 0.264 e. The first-order valence-electron chi connectivity index (χ1n) is 5.93. The van der Waals surface area contributed by atoms with E-state index >= 15 is 0 Å². The van der Waals surface area contributed by atoms with Gasteiger partial charge in [-0.2, -0.15) is 9.78 Å². The predicted molar refractivity (Wildman–Crippen MR) is 75.9 cm³/mol. The lowest BCUT2D eigenvalue weighted by Gasteiger charge is -1.96. The Morgan fingerprint density at radius 1 is 1.30 bits per heavy atom. The maximum absolute atomic E-state index is 11.9. The number of hydrogen-bond acceptors (Lipinski definition) is 4. The molecule has 3 rings (SSSR count). The fourth-order valence-electron chi connectivity index (χ4n) is 1.81. The van der Waals surface area contributed by atoms with E-state index in [1.807, 2.05) is 18.2 Å². The van der Waals surface area contributed by atoms with Crippen molar-refractivity contribution in [3.8, 4) is 12.0 Å². The number of para-hydroxylation sites is 1. The Morgan fingerprint density at radius 3 is 2.90 bits per heavy atom. The van der Waals surface area contributed by atoms with E-state index in [-0.39, 0.29) is 5.56 Å². The highest BCUT2D eigenvalue weighted by Crippen LogP contribution is 2.08. The van der Waals surface area contributed by atoms with Gasteiger partial charge in [-0.25, -0.2) is 4.98 Å². The molecule has 0 fully saturated rings. The number of rotatable bonds is 0. The van der Waals surface area contributed by atoms with Crippen LogP contribution in [0.3, 0.4) is 0 Å². The number of nitrogen functional groups attached to an aromatic ring is 1. The first-order valence-corrected chi connectivity index (χ1v) is 5.93. The van der Waals surface area contributed by atoms with Crippen LogP contribution in [-0.4, -0.2) is 19.3 Å². The molecule has 0 aliphatic rings. The van der Waals surface area contributed by atoms with Gasteiger partial charge >= 0.3 is 0 Å². The van der Waals surface area contributed by atoms with E-state index in [1.165, 1.54) is 21.8 Å². The van der Waals surface area contributed by atoms with E-state index in [2.05, 4.69) is 22.0 Å². The Balaban J connectivity index is 2.12. The second-order valence-corrected chi connectivity index (χ2v) is 4.28. The Labute approximate surface area is 114 Å². The lowest BCUT2D eigenvalue weighted by Crippen LogP contribution is -2.16. The van der Waals surface area contributed by atoms with Gasteiger partial charge in [-0.15, -0.1) is 0 Å². The summed E-state index contributed by atoms with van der Waals surface area (Å²) < 4.78 is 2.78. The Hall–Kier alpha value is -3.07. The first-order chi connectivity index (χ1) is 9.66. The van der Waals surface area contributed by atoms with Crippen LogP contribution in [-0.2, 0) is 7.05 Å². The standard InChI is InChI=1S/C14H11N5O/c1-18-9-16-13-11(14(18)20)8-17-19(13)7-6-10-4-2-3-5-12(10)15/h2-5,8-9H,15H2,1H3. The fraction of sp³-hybridized carbons (Fsp3) is 0.0714. The molecule has 0 saturated heterocycles. The van der Waals surface area contributed by atoms with Crippen LogP contribution >= 0.6 is 0 Å². The number of fused-ring (bicyclic) bond motifs is 1. The molecule has 3 aromatic rings. The number of nitrogens with zero attached hydrogens (tertiary/aromatic N) is 4. The van der Waals surface area contributed by atoms with E-state index in [9.17, 15) is 4.79 Å². The molecule has 20 heavy (non-hydrogen) atoms. The number of anilines is 1. The van der Waals surface area contributed by atoms with Crippen LogP contribution in [0, 0.1) is 12.0 Å². The summed E-state index contributed by atoms with van der Waals surface area (Å²) in [6.45, 7) is 0. The Morgan fingerprint density at radius 2 is 2.10 bits per heavy atom. The summed E-state index contributed by atoms with van der Waals surface area (Å²) in [4.78, 5) is 16.0. The first kappa shape index (κ1) is 12.0. The molecule has 6 heteroatoms. The third kappa shape index (κ3) is 1.91. The molecule has 2 aromatic heterocycles. The van der Waals surface area contributed by atoms with Crippen molar-refractivity contribution in [2.75, 3.05) is 5.73 Å². The smallest absolute Gasteiger partial charge is 0.264 e. The third-order valence-electron chi connectivity index (χ3n) is 2.91. The number of aromatic nitrogens is 4. The van der Waals surface area contributed by atoms with Crippen molar-refractivity contribution in [2.45, 2.75) is 0 Å². The summed E-state index contributed by atoms with van der Waals surface area (Å²) in [5, 5.41) is 4.50. The largest absolute Gasteiger partial charge is 0.398 e. The molecule has 98 valence electrons. The summed E-state index contributed by atoms with van der Waals surface area (Å²) >= 11 is 0. The molecule has 0 atom stereocenters. The normalized spacial score (nSPS) is 10.2. The lowest BCUT2D eigenvalue weighted by atomic mass is 10.2. The summed E-state index contributed by atoms with van der Waals surface area (Å²) in [5.74, 6) is 2.92. The van der Waals surface area contributed by atoms with Crippen molar-refractivity contribution >= 4 is 16.7 Å². The zero-order chi connectivity index (χ0) is 14.1.